The SMILES string of the molecule is NC(=O)c1n[nH]nc1-c1ccccc1OCCO. The number of rotatable bonds is 5. The van der Waals surface area contributed by atoms with E-state index < -0.39 is 5.91 Å². The molecule has 0 unspecified atom stereocenters. The van der Waals surface area contributed by atoms with Crippen LogP contribution in [0.5, 0.6) is 5.75 Å². The van der Waals surface area contributed by atoms with Gasteiger partial charge in [-0.15, -0.1) is 0 Å². The highest BCUT2D eigenvalue weighted by Crippen LogP contribution is 2.29. The lowest BCUT2D eigenvalue weighted by atomic mass is 10.1. The number of carbonyl (C=O) groups is 1. The number of ether oxygens (including phenoxy) is 1. The summed E-state index contributed by atoms with van der Waals surface area (Å²) in [6.45, 7) is 0.0522. The highest BCUT2D eigenvalue weighted by atomic mass is 16.5. The Kier molecular flexibility index (Phi) is 3.54. The van der Waals surface area contributed by atoms with Gasteiger partial charge in [0.15, 0.2) is 5.69 Å². The third kappa shape index (κ3) is 2.30. The number of H-pyrrole nitrogens is 1. The predicted octanol–water partition coefficient (Wildman–Crippen LogP) is -0.0583. The monoisotopic (exact) mass is 248 g/mol. The molecule has 1 amide bonds. The lowest BCUT2D eigenvalue weighted by Gasteiger charge is -2.08. The summed E-state index contributed by atoms with van der Waals surface area (Å²) in [5.74, 6) is -0.168. The number of nitrogens with one attached hydrogen (secondary N) is 1. The van der Waals surface area contributed by atoms with Gasteiger partial charge in [-0.05, 0) is 12.1 Å². The molecule has 0 saturated heterocycles. The summed E-state index contributed by atoms with van der Waals surface area (Å²) in [5, 5.41) is 18.7. The summed E-state index contributed by atoms with van der Waals surface area (Å²) < 4.78 is 5.36. The fourth-order valence-corrected chi connectivity index (χ4v) is 1.53. The minimum absolute atomic E-state index is 0.0510. The Morgan fingerprint density at radius 1 is 1.39 bits per heavy atom. The molecule has 2 aromatic rings. The average Bonchev–Trinajstić information content (AvgIpc) is 2.86. The quantitative estimate of drug-likeness (QED) is 0.686. The first-order chi connectivity index (χ1) is 8.74. The molecule has 0 fully saturated rings. The number of para-hydroxylation sites is 1. The molecule has 1 aromatic carbocycles. The lowest BCUT2D eigenvalue weighted by molar-refractivity contribution is 0.0996. The van der Waals surface area contributed by atoms with Crippen LogP contribution in [0.1, 0.15) is 10.5 Å². The van der Waals surface area contributed by atoms with Gasteiger partial charge in [0.25, 0.3) is 5.91 Å². The second-order valence-electron chi connectivity index (χ2n) is 3.45. The number of aromatic nitrogens is 3. The molecule has 1 aromatic heterocycles. The van der Waals surface area contributed by atoms with Crippen LogP contribution >= 0.6 is 0 Å². The van der Waals surface area contributed by atoms with Crippen molar-refractivity contribution in [2.24, 2.45) is 5.73 Å². The maximum Gasteiger partial charge on any atom is 0.271 e. The number of aromatic amines is 1. The van der Waals surface area contributed by atoms with E-state index in [0.29, 0.717) is 17.0 Å². The molecular weight excluding hydrogens is 236 g/mol. The van der Waals surface area contributed by atoms with E-state index >= 15 is 0 Å². The number of aliphatic hydroxyl groups excluding tert-OH is 1. The minimum atomic E-state index is -0.671. The van der Waals surface area contributed by atoms with Gasteiger partial charge >= 0.3 is 0 Å². The van der Waals surface area contributed by atoms with Crippen LogP contribution in [0.2, 0.25) is 0 Å². The summed E-state index contributed by atoms with van der Waals surface area (Å²) in [7, 11) is 0. The average molecular weight is 248 g/mol. The van der Waals surface area contributed by atoms with Gasteiger partial charge in [-0.2, -0.15) is 15.4 Å². The lowest BCUT2D eigenvalue weighted by Crippen LogP contribution is -2.13. The molecule has 0 aliphatic heterocycles. The molecule has 7 heteroatoms. The van der Waals surface area contributed by atoms with Crippen molar-refractivity contribution in [2.45, 2.75) is 0 Å². The van der Waals surface area contributed by atoms with Gasteiger partial charge in [-0.3, -0.25) is 4.79 Å². The van der Waals surface area contributed by atoms with Crippen LogP contribution in [0.15, 0.2) is 24.3 Å². The van der Waals surface area contributed by atoms with Crippen molar-refractivity contribution < 1.29 is 14.6 Å². The molecule has 4 N–H and O–H groups in total. The number of amides is 1. The highest BCUT2D eigenvalue weighted by molar-refractivity contribution is 5.97. The standard InChI is InChI=1S/C11H12N4O3/c12-11(17)10-9(13-15-14-10)7-3-1-2-4-8(7)18-6-5-16/h1-4,16H,5-6H2,(H2,12,17)(H,13,14,15). The molecule has 0 atom stereocenters. The van der Waals surface area contributed by atoms with Gasteiger partial charge in [-0.1, -0.05) is 12.1 Å². The van der Waals surface area contributed by atoms with Crippen molar-refractivity contribution in [3.8, 4) is 17.0 Å². The molecular formula is C11H12N4O3. The summed E-state index contributed by atoms with van der Waals surface area (Å²) in [5.41, 5.74) is 6.18. The molecule has 7 nitrogen and oxygen atoms in total. The van der Waals surface area contributed by atoms with E-state index in [1.54, 1.807) is 24.3 Å². The van der Waals surface area contributed by atoms with Crippen LogP contribution in [0, 0.1) is 0 Å². The van der Waals surface area contributed by atoms with Crippen LogP contribution in [-0.2, 0) is 0 Å². The summed E-state index contributed by atoms with van der Waals surface area (Å²) in [6.07, 6.45) is 0. The highest BCUT2D eigenvalue weighted by Gasteiger charge is 2.18. The molecule has 0 radical (unpaired) electrons. The van der Waals surface area contributed by atoms with Gasteiger partial charge < -0.3 is 15.6 Å². The second-order valence-corrected chi connectivity index (χ2v) is 3.45. The molecule has 94 valence electrons. The van der Waals surface area contributed by atoms with Gasteiger partial charge in [-0.25, -0.2) is 0 Å². The number of aliphatic hydroxyl groups is 1. The number of hydrogen-bond donors (Lipinski definition) is 3. The van der Waals surface area contributed by atoms with Crippen LogP contribution in [0.4, 0.5) is 0 Å². The Morgan fingerprint density at radius 3 is 2.89 bits per heavy atom. The largest absolute Gasteiger partial charge is 0.490 e. The fraction of sp³-hybridized carbons (Fsp3) is 0.182. The molecule has 0 bridgehead atoms. The van der Waals surface area contributed by atoms with Gasteiger partial charge in [0.2, 0.25) is 0 Å². The third-order valence-corrected chi connectivity index (χ3v) is 2.27. The zero-order chi connectivity index (χ0) is 13.0. The Labute approximate surface area is 103 Å². The number of nitrogens with zero attached hydrogens (tertiary/aromatic N) is 2. The number of carbonyl (C=O) groups excluding carboxylic acids is 1. The molecule has 0 aliphatic rings. The zero-order valence-electron chi connectivity index (χ0n) is 9.46. The van der Waals surface area contributed by atoms with Gasteiger partial charge in [0.1, 0.15) is 18.1 Å². The Balaban J connectivity index is 2.43. The molecule has 0 aliphatic carbocycles. The molecule has 0 saturated carbocycles. The third-order valence-electron chi connectivity index (χ3n) is 2.27. The van der Waals surface area contributed by atoms with Crippen LogP contribution < -0.4 is 10.5 Å². The Hall–Kier alpha value is -2.41. The van der Waals surface area contributed by atoms with Crippen molar-refractivity contribution in [2.75, 3.05) is 13.2 Å². The maximum atomic E-state index is 11.2. The molecule has 2 rings (SSSR count). The minimum Gasteiger partial charge on any atom is -0.490 e. The molecule has 18 heavy (non-hydrogen) atoms. The molecule has 1 heterocycles. The normalized spacial score (nSPS) is 10.3. The van der Waals surface area contributed by atoms with Crippen molar-refractivity contribution in [1.82, 2.24) is 15.4 Å². The van der Waals surface area contributed by atoms with E-state index in [4.69, 9.17) is 15.6 Å². The number of benzene rings is 1. The number of nitrogens with two attached hydrogens (primary N) is 1. The first-order valence-electron chi connectivity index (χ1n) is 5.27. The fourth-order valence-electron chi connectivity index (χ4n) is 1.53. The van der Waals surface area contributed by atoms with Crippen molar-refractivity contribution in [1.29, 1.82) is 0 Å². The predicted molar refractivity (Wildman–Crippen MR) is 62.9 cm³/mol. The van der Waals surface area contributed by atoms with Crippen molar-refractivity contribution in [3.63, 3.8) is 0 Å². The first kappa shape index (κ1) is 12.1. The first-order valence-corrected chi connectivity index (χ1v) is 5.27. The van der Waals surface area contributed by atoms with Crippen molar-refractivity contribution in [3.05, 3.63) is 30.0 Å². The van der Waals surface area contributed by atoms with Crippen LogP contribution in [-0.4, -0.2) is 39.6 Å². The van der Waals surface area contributed by atoms with Crippen molar-refractivity contribution >= 4 is 5.91 Å². The maximum absolute atomic E-state index is 11.2. The van der Waals surface area contributed by atoms with Gasteiger partial charge in [0.05, 0.1) is 6.61 Å². The van der Waals surface area contributed by atoms with E-state index in [9.17, 15) is 4.79 Å². The van der Waals surface area contributed by atoms with E-state index in [0.717, 1.165) is 0 Å². The molecule has 0 spiro atoms. The summed E-state index contributed by atoms with van der Waals surface area (Å²) >= 11 is 0. The van der Waals surface area contributed by atoms with E-state index in [-0.39, 0.29) is 18.9 Å². The Bertz CT molecular complexity index is 553. The van der Waals surface area contributed by atoms with E-state index in [1.165, 1.54) is 0 Å². The van der Waals surface area contributed by atoms with E-state index in [1.807, 2.05) is 0 Å². The summed E-state index contributed by atoms with van der Waals surface area (Å²) in [4.78, 5) is 11.2. The number of hydrogen-bond acceptors (Lipinski definition) is 5. The van der Waals surface area contributed by atoms with Gasteiger partial charge in [0, 0.05) is 5.56 Å². The topological polar surface area (TPSA) is 114 Å². The van der Waals surface area contributed by atoms with Crippen LogP contribution in [0.25, 0.3) is 11.3 Å². The number of primary amides is 1. The Morgan fingerprint density at radius 2 is 2.17 bits per heavy atom. The second kappa shape index (κ2) is 5.28. The van der Waals surface area contributed by atoms with Crippen LogP contribution in [0.3, 0.4) is 0 Å². The zero-order valence-corrected chi connectivity index (χ0v) is 9.46. The smallest absolute Gasteiger partial charge is 0.271 e. The van der Waals surface area contributed by atoms with E-state index in [2.05, 4.69) is 15.4 Å². The summed E-state index contributed by atoms with van der Waals surface area (Å²) in [6, 6.07) is 7.00.